The van der Waals surface area contributed by atoms with E-state index >= 15 is 0 Å². The number of benzene rings is 1. The highest BCUT2D eigenvalue weighted by Crippen LogP contribution is 2.32. The quantitative estimate of drug-likeness (QED) is 0.715. The summed E-state index contributed by atoms with van der Waals surface area (Å²) < 4.78 is 0.812. The molecule has 0 bridgehead atoms. The number of carbonyl (C=O) groups excluding carboxylic acids is 3. The maximum absolute atomic E-state index is 12.7. The van der Waals surface area contributed by atoms with Gasteiger partial charge in [0.05, 0.1) is 12.2 Å². The number of amides is 3. The highest BCUT2D eigenvalue weighted by atomic mass is 79.9. The van der Waals surface area contributed by atoms with Gasteiger partial charge in [0.2, 0.25) is 17.7 Å². The molecule has 1 aliphatic heterocycles. The Hall–Kier alpha value is -1.89. The van der Waals surface area contributed by atoms with Crippen LogP contribution in [-0.4, -0.2) is 42.3 Å². The number of nitrogens with two attached hydrogens (primary N) is 1. The van der Waals surface area contributed by atoms with Crippen molar-refractivity contribution in [2.75, 3.05) is 24.5 Å². The van der Waals surface area contributed by atoms with Gasteiger partial charge in [0.25, 0.3) is 0 Å². The molecule has 0 radical (unpaired) electrons. The topological polar surface area (TPSA) is 83.7 Å². The number of primary amides is 1. The second-order valence-corrected chi connectivity index (χ2v) is 6.72. The fourth-order valence-electron chi connectivity index (χ4n) is 2.84. The number of rotatable bonds is 7. The molecule has 1 aromatic carbocycles. The average Bonchev–Trinajstić information content (AvgIpc) is 2.92. The Morgan fingerprint density at radius 2 is 2.08 bits per heavy atom. The first-order chi connectivity index (χ1) is 11.5. The number of halogens is 1. The predicted molar refractivity (Wildman–Crippen MR) is 95.3 cm³/mol. The normalized spacial score (nSPS) is 17.2. The van der Waals surface area contributed by atoms with E-state index in [4.69, 9.17) is 5.73 Å². The van der Waals surface area contributed by atoms with Gasteiger partial charge in [0.1, 0.15) is 5.92 Å². The van der Waals surface area contributed by atoms with Crippen LogP contribution in [0.5, 0.6) is 0 Å². The summed E-state index contributed by atoms with van der Waals surface area (Å²) in [4.78, 5) is 39.7. The summed E-state index contributed by atoms with van der Waals surface area (Å²) in [6.07, 6.45) is 2.11. The number of anilines is 1. The zero-order valence-electron chi connectivity index (χ0n) is 13.7. The van der Waals surface area contributed by atoms with Crippen LogP contribution < -0.4 is 10.6 Å². The van der Waals surface area contributed by atoms with Crippen LogP contribution in [0, 0.1) is 5.92 Å². The van der Waals surface area contributed by atoms with Crippen molar-refractivity contribution < 1.29 is 14.4 Å². The van der Waals surface area contributed by atoms with Crippen LogP contribution in [0.3, 0.4) is 0 Å². The van der Waals surface area contributed by atoms with Crippen molar-refractivity contribution in [3.05, 3.63) is 28.7 Å². The largest absolute Gasteiger partial charge is 0.368 e. The van der Waals surface area contributed by atoms with Gasteiger partial charge in [-0.2, -0.15) is 0 Å². The molecule has 1 unspecified atom stereocenters. The maximum atomic E-state index is 12.7. The molecule has 7 heteroatoms. The maximum Gasteiger partial charge on any atom is 0.239 e. The number of hydrogen-bond donors (Lipinski definition) is 1. The lowest BCUT2D eigenvalue weighted by atomic mass is 10.1. The first-order valence-corrected chi connectivity index (χ1v) is 8.88. The number of hydrogen-bond acceptors (Lipinski definition) is 3. The molecule has 0 aromatic heterocycles. The molecule has 1 atom stereocenters. The zero-order chi connectivity index (χ0) is 17.7. The second kappa shape index (κ2) is 8.28. The Morgan fingerprint density at radius 1 is 1.38 bits per heavy atom. The van der Waals surface area contributed by atoms with Gasteiger partial charge in [0, 0.05) is 17.6 Å². The molecule has 1 heterocycles. The SMILES string of the molecule is CCCCN(CC(N)=O)C(=O)C1CCN(c2ccccc2Br)C1=O. The first-order valence-electron chi connectivity index (χ1n) is 8.08. The minimum atomic E-state index is -0.742. The van der Waals surface area contributed by atoms with Crippen molar-refractivity contribution in [3.8, 4) is 0 Å². The molecule has 0 aliphatic carbocycles. The molecule has 2 rings (SSSR count). The van der Waals surface area contributed by atoms with Gasteiger partial charge in [-0.25, -0.2) is 0 Å². The molecule has 1 saturated heterocycles. The molecule has 24 heavy (non-hydrogen) atoms. The third-order valence-electron chi connectivity index (χ3n) is 4.09. The molecule has 130 valence electrons. The van der Waals surface area contributed by atoms with E-state index in [1.54, 1.807) is 4.90 Å². The molecule has 3 amide bonds. The van der Waals surface area contributed by atoms with Crippen LogP contribution in [0.1, 0.15) is 26.2 Å². The smallest absolute Gasteiger partial charge is 0.239 e. The Morgan fingerprint density at radius 3 is 2.71 bits per heavy atom. The van der Waals surface area contributed by atoms with Gasteiger partial charge in [-0.05, 0) is 40.9 Å². The Balaban J connectivity index is 2.14. The van der Waals surface area contributed by atoms with E-state index in [2.05, 4.69) is 15.9 Å². The van der Waals surface area contributed by atoms with Crippen LogP contribution >= 0.6 is 15.9 Å². The van der Waals surface area contributed by atoms with E-state index in [9.17, 15) is 14.4 Å². The summed E-state index contributed by atoms with van der Waals surface area (Å²) in [6, 6.07) is 7.42. The summed E-state index contributed by atoms with van der Waals surface area (Å²) in [5.74, 6) is -1.83. The number of unbranched alkanes of at least 4 members (excludes halogenated alkanes) is 1. The molecule has 6 nitrogen and oxygen atoms in total. The highest BCUT2D eigenvalue weighted by Gasteiger charge is 2.40. The molecule has 1 aromatic rings. The van der Waals surface area contributed by atoms with E-state index in [1.807, 2.05) is 31.2 Å². The summed E-state index contributed by atoms with van der Waals surface area (Å²) >= 11 is 3.44. The van der Waals surface area contributed by atoms with Crippen molar-refractivity contribution in [1.29, 1.82) is 0 Å². The van der Waals surface area contributed by atoms with Gasteiger partial charge < -0.3 is 15.5 Å². The van der Waals surface area contributed by atoms with Gasteiger partial charge in [0.15, 0.2) is 0 Å². The Kier molecular flexibility index (Phi) is 6.36. The molecule has 0 spiro atoms. The van der Waals surface area contributed by atoms with E-state index in [-0.39, 0.29) is 18.4 Å². The third kappa shape index (κ3) is 4.14. The number of carbonyl (C=O) groups is 3. The average molecular weight is 396 g/mol. The Bertz CT molecular complexity index is 635. The van der Waals surface area contributed by atoms with Crippen LogP contribution in [-0.2, 0) is 14.4 Å². The summed E-state index contributed by atoms with van der Waals surface area (Å²) in [6.45, 7) is 2.78. The minimum absolute atomic E-state index is 0.141. The van der Waals surface area contributed by atoms with Crippen LogP contribution in [0.15, 0.2) is 28.7 Å². The van der Waals surface area contributed by atoms with Crippen LogP contribution in [0.2, 0.25) is 0 Å². The van der Waals surface area contributed by atoms with Gasteiger partial charge in [-0.3, -0.25) is 14.4 Å². The van der Waals surface area contributed by atoms with Crippen molar-refractivity contribution in [2.24, 2.45) is 11.7 Å². The molecular weight excluding hydrogens is 374 g/mol. The van der Waals surface area contributed by atoms with Crippen molar-refractivity contribution >= 4 is 39.3 Å². The highest BCUT2D eigenvalue weighted by molar-refractivity contribution is 9.10. The first kappa shape index (κ1) is 18.4. The van der Waals surface area contributed by atoms with Crippen molar-refractivity contribution in [3.63, 3.8) is 0 Å². The lowest BCUT2D eigenvalue weighted by molar-refractivity contribution is -0.142. The third-order valence-corrected chi connectivity index (χ3v) is 4.76. The molecule has 0 saturated carbocycles. The lowest BCUT2D eigenvalue weighted by Crippen LogP contribution is -2.44. The molecule has 1 fully saturated rings. The van der Waals surface area contributed by atoms with E-state index in [1.165, 1.54) is 4.90 Å². The standard InChI is InChI=1S/C17H22BrN3O3/c1-2-3-9-20(11-15(19)22)16(23)12-8-10-21(17(12)24)14-7-5-4-6-13(14)18/h4-7,12H,2-3,8-11H2,1H3,(H2,19,22). The molecule has 2 N–H and O–H groups in total. The summed E-state index contributed by atoms with van der Waals surface area (Å²) in [5, 5.41) is 0. The van der Waals surface area contributed by atoms with E-state index in [0.717, 1.165) is 23.0 Å². The fraction of sp³-hybridized carbons (Fsp3) is 0.471. The number of nitrogens with zero attached hydrogens (tertiary/aromatic N) is 2. The zero-order valence-corrected chi connectivity index (χ0v) is 15.3. The van der Waals surface area contributed by atoms with Gasteiger partial charge in [-0.1, -0.05) is 25.5 Å². The van der Waals surface area contributed by atoms with Crippen LogP contribution in [0.25, 0.3) is 0 Å². The predicted octanol–water partition coefficient (Wildman–Crippen LogP) is 1.92. The molecular formula is C17H22BrN3O3. The van der Waals surface area contributed by atoms with Crippen molar-refractivity contribution in [2.45, 2.75) is 26.2 Å². The summed E-state index contributed by atoms with van der Waals surface area (Å²) in [7, 11) is 0. The Labute approximate surface area is 150 Å². The van der Waals surface area contributed by atoms with E-state index < -0.39 is 11.8 Å². The minimum Gasteiger partial charge on any atom is -0.368 e. The number of para-hydroxylation sites is 1. The fourth-order valence-corrected chi connectivity index (χ4v) is 3.34. The molecule has 1 aliphatic rings. The van der Waals surface area contributed by atoms with E-state index in [0.29, 0.717) is 19.5 Å². The monoisotopic (exact) mass is 395 g/mol. The van der Waals surface area contributed by atoms with Gasteiger partial charge in [-0.15, -0.1) is 0 Å². The summed E-state index contributed by atoms with van der Waals surface area (Å²) in [5.41, 5.74) is 6.00. The van der Waals surface area contributed by atoms with Crippen LogP contribution in [0.4, 0.5) is 5.69 Å². The van der Waals surface area contributed by atoms with Crippen molar-refractivity contribution in [1.82, 2.24) is 4.90 Å². The second-order valence-electron chi connectivity index (χ2n) is 5.86. The van der Waals surface area contributed by atoms with Gasteiger partial charge >= 0.3 is 0 Å². The lowest BCUT2D eigenvalue weighted by Gasteiger charge is -2.24.